The van der Waals surface area contributed by atoms with Crippen molar-refractivity contribution in [1.29, 1.82) is 0 Å². The van der Waals surface area contributed by atoms with Gasteiger partial charge in [0.25, 0.3) is 0 Å². The summed E-state index contributed by atoms with van der Waals surface area (Å²) in [5.41, 5.74) is 0. The van der Waals surface area contributed by atoms with Crippen molar-refractivity contribution < 1.29 is 47.6 Å². The molecular formula is C18H37NaO4S. The summed E-state index contributed by atoms with van der Waals surface area (Å²) in [5, 5.41) is 8.48. The van der Waals surface area contributed by atoms with E-state index in [-0.39, 0.29) is 35.7 Å². The first-order chi connectivity index (χ1) is 10.9. The molecule has 0 radical (unpaired) electrons. The molecule has 0 rings (SSSR count). The minimum atomic E-state index is -4.14. The third-order valence-electron chi connectivity index (χ3n) is 4.44. The van der Waals surface area contributed by atoms with Crippen molar-refractivity contribution in [2.75, 3.05) is 0 Å². The Morgan fingerprint density at radius 1 is 0.792 bits per heavy atom. The molecule has 0 saturated carbocycles. The first-order valence-corrected chi connectivity index (χ1v) is 11.0. The van der Waals surface area contributed by atoms with E-state index in [1.807, 2.05) is 6.92 Å². The summed E-state index contributed by atoms with van der Waals surface area (Å²) in [6.45, 7) is 3.94. The molecule has 0 heterocycles. The molecule has 0 aliphatic heterocycles. The smallest absolute Gasteiger partial charge is 0.748 e. The maximum Gasteiger partial charge on any atom is 1.00 e. The van der Waals surface area contributed by atoms with E-state index < -0.39 is 15.4 Å². The fraction of sp³-hybridized carbons (Fsp3) is 1.00. The topological polar surface area (TPSA) is 77.4 Å². The monoisotopic (exact) mass is 372 g/mol. The molecule has 140 valence electrons. The van der Waals surface area contributed by atoms with Gasteiger partial charge in [-0.1, -0.05) is 77.6 Å². The van der Waals surface area contributed by atoms with Gasteiger partial charge in [-0.25, -0.2) is 8.42 Å². The SMILES string of the molecule is CCCCCCC(CCCCCCCCCC(C)O)S(=O)(=O)[O-].[Na+]. The largest absolute Gasteiger partial charge is 1.00 e. The molecule has 0 aromatic heterocycles. The van der Waals surface area contributed by atoms with Gasteiger partial charge in [0, 0.05) is 5.25 Å². The van der Waals surface area contributed by atoms with Crippen LogP contribution in [0.3, 0.4) is 0 Å². The van der Waals surface area contributed by atoms with Gasteiger partial charge in [0.1, 0.15) is 0 Å². The van der Waals surface area contributed by atoms with Gasteiger partial charge in [0.15, 0.2) is 0 Å². The molecule has 0 spiro atoms. The summed E-state index contributed by atoms with van der Waals surface area (Å²) in [6.07, 6.45) is 13.4. The fourth-order valence-electron chi connectivity index (χ4n) is 2.93. The van der Waals surface area contributed by atoms with Crippen LogP contribution in [0, 0.1) is 0 Å². The van der Waals surface area contributed by atoms with Gasteiger partial charge >= 0.3 is 29.6 Å². The molecule has 1 N–H and O–H groups in total. The van der Waals surface area contributed by atoms with Crippen molar-refractivity contribution in [2.24, 2.45) is 0 Å². The number of aliphatic hydroxyl groups is 1. The molecule has 2 atom stereocenters. The minimum Gasteiger partial charge on any atom is -0.748 e. The molecular weight excluding hydrogens is 335 g/mol. The second kappa shape index (κ2) is 17.3. The normalized spacial score (nSPS) is 14.2. The van der Waals surface area contributed by atoms with Crippen LogP contribution in [0.25, 0.3) is 0 Å². The molecule has 0 aliphatic carbocycles. The average Bonchev–Trinajstić information content (AvgIpc) is 2.46. The Balaban J connectivity index is 0. The molecule has 2 unspecified atom stereocenters. The van der Waals surface area contributed by atoms with Gasteiger partial charge in [0.2, 0.25) is 0 Å². The van der Waals surface area contributed by atoms with E-state index in [1.165, 1.54) is 6.42 Å². The van der Waals surface area contributed by atoms with E-state index in [2.05, 4.69) is 6.92 Å². The predicted octanol–water partition coefficient (Wildman–Crippen LogP) is 1.77. The second-order valence-corrected chi connectivity index (χ2v) is 8.52. The summed E-state index contributed by atoms with van der Waals surface area (Å²) in [4.78, 5) is 0. The Kier molecular flexibility index (Phi) is 19.5. The van der Waals surface area contributed by atoms with Crippen LogP contribution in [0.2, 0.25) is 0 Å². The Labute approximate surface area is 172 Å². The van der Waals surface area contributed by atoms with E-state index in [4.69, 9.17) is 5.11 Å². The summed E-state index contributed by atoms with van der Waals surface area (Å²) in [5.74, 6) is 0. The van der Waals surface area contributed by atoms with Gasteiger partial charge in [-0.05, 0) is 26.2 Å². The molecule has 4 nitrogen and oxygen atoms in total. The van der Waals surface area contributed by atoms with Crippen LogP contribution >= 0.6 is 0 Å². The zero-order valence-electron chi connectivity index (χ0n) is 16.1. The molecule has 6 heteroatoms. The van der Waals surface area contributed by atoms with E-state index in [0.717, 1.165) is 70.6 Å². The maximum atomic E-state index is 11.3. The standard InChI is InChI=1S/C18H38O4S.Na/c1-3-4-5-12-15-18(23(20,21)22)16-13-10-8-6-7-9-11-14-17(2)19;/h17-19H,3-16H2,1-2H3,(H,20,21,22);/q;+1/p-1. The van der Waals surface area contributed by atoms with Gasteiger partial charge in [0.05, 0.1) is 16.2 Å². The molecule has 0 aromatic carbocycles. The van der Waals surface area contributed by atoms with Gasteiger partial charge < -0.3 is 9.66 Å². The number of hydrogen-bond donors (Lipinski definition) is 1. The number of aliphatic hydroxyl groups excluding tert-OH is 1. The van der Waals surface area contributed by atoms with Crippen LogP contribution in [-0.4, -0.2) is 29.4 Å². The van der Waals surface area contributed by atoms with Crippen molar-refractivity contribution >= 4 is 10.1 Å². The summed E-state index contributed by atoms with van der Waals surface area (Å²) < 4.78 is 33.9. The molecule has 0 fully saturated rings. The zero-order valence-corrected chi connectivity index (χ0v) is 19.0. The van der Waals surface area contributed by atoms with Gasteiger partial charge in [-0.15, -0.1) is 0 Å². The number of rotatable bonds is 16. The van der Waals surface area contributed by atoms with Gasteiger partial charge in [-0.2, -0.15) is 0 Å². The third-order valence-corrected chi connectivity index (χ3v) is 5.72. The molecule has 0 amide bonds. The van der Waals surface area contributed by atoms with Crippen molar-refractivity contribution in [3.8, 4) is 0 Å². The molecule has 0 aliphatic rings. The first kappa shape index (κ1) is 27.1. The molecule has 0 saturated heterocycles. The van der Waals surface area contributed by atoms with Crippen molar-refractivity contribution in [2.45, 2.75) is 115 Å². The van der Waals surface area contributed by atoms with Crippen LogP contribution in [0.15, 0.2) is 0 Å². The Hall–Kier alpha value is 0.870. The Morgan fingerprint density at radius 3 is 1.54 bits per heavy atom. The Morgan fingerprint density at radius 2 is 1.17 bits per heavy atom. The van der Waals surface area contributed by atoms with Crippen molar-refractivity contribution in [3.05, 3.63) is 0 Å². The third kappa shape index (κ3) is 17.7. The van der Waals surface area contributed by atoms with E-state index in [0.29, 0.717) is 12.8 Å². The summed E-state index contributed by atoms with van der Waals surface area (Å²) in [7, 11) is -4.14. The van der Waals surface area contributed by atoms with Crippen molar-refractivity contribution in [3.63, 3.8) is 0 Å². The van der Waals surface area contributed by atoms with E-state index in [1.54, 1.807) is 0 Å². The van der Waals surface area contributed by atoms with Crippen LogP contribution in [0.1, 0.15) is 104 Å². The van der Waals surface area contributed by atoms with Crippen LogP contribution < -0.4 is 29.6 Å². The first-order valence-electron chi connectivity index (χ1n) is 9.50. The van der Waals surface area contributed by atoms with Crippen LogP contribution in [0.5, 0.6) is 0 Å². The average molecular weight is 373 g/mol. The van der Waals surface area contributed by atoms with Gasteiger partial charge in [-0.3, -0.25) is 0 Å². The Bertz CT molecular complexity index is 358. The fourth-order valence-corrected chi connectivity index (χ4v) is 3.84. The number of hydrogen-bond acceptors (Lipinski definition) is 4. The quantitative estimate of drug-likeness (QED) is 0.254. The molecule has 0 aromatic rings. The van der Waals surface area contributed by atoms with Crippen molar-refractivity contribution in [1.82, 2.24) is 0 Å². The maximum absolute atomic E-state index is 11.3. The zero-order chi connectivity index (χ0) is 17.6. The predicted molar refractivity (Wildman–Crippen MR) is 95.5 cm³/mol. The summed E-state index contributed by atoms with van der Waals surface area (Å²) >= 11 is 0. The van der Waals surface area contributed by atoms with E-state index in [9.17, 15) is 13.0 Å². The van der Waals surface area contributed by atoms with Crippen LogP contribution in [-0.2, 0) is 10.1 Å². The molecule has 0 bridgehead atoms. The summed E-state index contributed by atoms with van der Waals surface area (Å²) in [6, 6.07) is 0. The molecule has 24 heavy (non-hydrogen) atoms. The second-order valence-electron chi connectivity index (χ2n) is 6.87. The minimum absolute atomic E-state index is 0. The van der Waals surface area contributed by atoms with E-state index >= 15 is 0 Å². The number of unbranched alkanes of at least 4 members (excludes halogenated alkanes) is 9. The van der Waals surface area contributed by atoms with Crippen LogP contribution in [0.4, 0.5) is 0 Å².